The Balaban J connectivity index is 3.12. The quantitative estimate of drug-likeness (QED) is 0.592. The van der Waals surface area contributed by atoms with E-state index < -0.39 is 16.9 Å². The van der Waals surface area contributed by atoms with Gasteiger partial charge in [0.2, 0.25) is 0 Å². The smallest absolute Gasteiger partial charge is 0.326 e. The van der Waals surface area contributed by atoms with E-state index >= 15 is 0 Å². The third-order valence-electron chi connectivity index (χ3n) is 2.73. The highest BCUT2D eigenvalue weighted by Crippen LogP contribution is 2.27. The Morgan fingerprint density at radius 2 is 1.90 bits per heavy atom. The van der Waals surface area contributed by atoms with Gasteiger partial charge in [-0.25, -0.2) is 4.79 Å². The number of carboxylic acid groups (broad SMARTS) is 1. The summed E-state index contributed by atoms with van der Waals surface area (Å²) in [7, 11) is 0. The molecule has 1 aromatic carbocycles. The number of nitrogens with one attached hydrogen (secondary N) is 1. The van der Waals surface area contributed by atoms with Gasteiger partial charge in [-0.15, -0.1) is 0 Å². The predicted molar refractivity (Wildman–Crippen MR) is 78.7 cm³/mol. The van der Waals surface area contributed by atoms with Crippen molar-refractivity contribution in [2.45, 2.75) is 39.8 Å². The van der Waals surface area contributed by atoms with Crippen LogP contribution in [0.15, 0.2) is 18.2 Å². The molecule has 0 aliphatic heterocycles. The first-order chi connectivity index (χ1) is 9.70. The fourth-order valence-corrected chi connectivity index (χ4v) is 1.81. The molecule has 0 aromatic heterocycles. The lowest BCUT2D eigenvalue weighted by Gasteiger charge is -2.20. The lowest BCUT2D eigenvalue weighted by molar-refractivity contribution is -0.384. The van der Waals surface area contributed by atoms with Crippen molar-refractivity contribution in [1.82, 2.24) is 0 Å². The van der Waals surface area contributed by atoms with Gasteiger partial charge in [-0.2, -0.15) is 0 Å². The molecule has 0 fully saturated rings. The Morgan fingerprint density at radius 1 is 1.29 bits per heavy atom. The molecule has 1 rings (SSSR count). The molecule has 0 spiro atoms. The summed E-state index contributed by atoms with van der Waals surface area (Å²) in [4.78, 5) is 21.6. The van der Waals surface area contributed by atoms with Gasteiger partial charge in [-0.3, -0.25) is 10.1 Å². The summed E-state index contributed by atoms with van der Waals surface area (Å²) in [5.74, 6) is -0.853. The monoisotopic (exact) mass is 296 g/mol. The SMILES string of the molecule is CC(C)Oc1cc(NC(C(=O)O)C(C)C)cc([N+](=O)[O-])c1. The second-order valence-corrected chi connectivity index (χ2v) is 5.34. The van der Waals surface area contributed by atoms with E-state index in [0.29, 0.717) is 11.4 Å². The number of aliphatic carboxylic acids is 1. The molecule has 1 aromatic rings. The zero-order valence-corrected chi connectivity index (χ0v) is 12.5. The highest BCUT2D eigenvalue weighted by molar-refractivity contribution is 5.78. The van der Waals surface area contributed by atoms with E-state index in [9.17, 15) is 20.0 Å². The average Bonchev–Trinajstić information content (AvgIpc) is 2.33. The molecular formula is C14H20N2O5. The van der Waals surface area contributed by atoms with Crippen LogP contribution >= 0.6 is 0 Å². The van der Waals surface area contributed by atoms with Gasteiger partial charge in [0.1, 0.15) is 11.8 Å². The normalized spacial score (nSPS) is 12.3. The van der Waals surface area contributed by atoms with E-state index in [1.807, 2.05) is 0 Å². The molecule has 0 radical (unpaired) electrons. The molecule has 0 saturated heterocycles. The first-order valence-electron chi connectivity index (χ1n) is 6.66. The van der Waals surface area contributed by atoms with Crippen molar-refractivity contribution >= 4 is 17.3 Å². The maximum Gasteiger partial charge on any atom is 0.326 e. The predicted octanol–water partition coefficient (Wildman–Crippen LogP) is 2.90. The fourth-order valence-electron chi connectivity index (χ4n) is 1.81. The van der Waals surface area contributed by atoms with E-state index in [1.54, 1.807) is 33.8 Å². The number of nitro benzene ring substituents is 1. The maximum atomic E-state index is 11.2. The summed E-state index contributed by atoms with van der Waals surface area (Å²) < 4.78 is 5.46. The van der Waals surface area contributed by atoms with Crippen molar-refractivity contribution in [1.29, 1.82) is 0 Å². The molecule has 2 N–H and O–H groups in total. The summed E-state index contributed by atoms with van der Waals surface area (Å²) in [5.41, 5.74) is 0.199. The number of carbonyl (C=O) groups is 1. The van der Waals surface area contributed by atoms with Crippen LogP contribution in [0.2, 0.25) is 0 Å². The zero-order chi connectivity index (χ0) is 16.2. The largest absolute Gasteiger partial charge is 0.491 e. The van der Waals surface area contributed by atoms with Crippen LogP contribution in [0.25, 0.3) is 0 Å². The number of hydrogen-bond acceptors (Lipinski definition) is 5. The Bertz CT molecular complexity index is 528. The zero-order valence-electron chi connectivity index (χ0n) is 12.5. The van der Waals surface area contributed by atoms with Gasteiger partial charge in [0, 0.05) is 17.8 Å². The Kier molecular flexibility index (Phi) is 5.52. The number of non-ortho nitro benzene ring substituents is 1. The summed E-state index contributed by atoms with van der Waals surface area (Å²) in [6, 6.07) is 3.34. The van der Waals surface area contributed by atoms with Crippen LogP contribution in [0, 0.1) is 16.0 Å². The van der Waals surface area contributed by atoms with Crippen molar-refractivity contribution in [3.63, 3.8) is 0 Å². The number of benzene rings is 1. The fraction of sp³-hybridized carbons (Fsp3) is 0.500. The second kappa shape index (κ2) is 6.92. The Labute approximate surface area is 123 Å². The molecular weight excluding hydrogens is 276 g/mol. The van der Waals surface area contributed by atoms with E-state index in [0.717, 1.165) is 0 Å². The first-order valence-corrected chi connectivity index (χ1v) is 6.66. The summed E-state index contributed by atoms with van der Waals surface area (Å²) in [6.07, 6.45) is -0.139. The van der Waals surface area contributed by atoms with E-state index in [2.05, 4.69) is 5.32 Å². The molecule has 1 unspecified atom stereocenters. The minimum atomic E-state index is -1.01. The van der Waals surface area contributed by atoms with Crippen LogP contribution in [0.1, 0.15) is 27.7 Å². The minimum absolute atomic E-state index is 0.139. The maximum absolute atomic E-state index is 11.2. The van der Waals surface area contributed by atoms with E-state index in [1.165, 1.54) is 12.1 Å². The van der Waals surface area contributed by atoms with Crippen LogP contribution in [0.3, 0.4) is 0 Å². The number of anilines is 1. The third-order valence-corrected chi connectivity index (χ3v) is 2.73. The summed E-state index contributed by atoms with van der Waals surface area (Å²) >= 11 is 0. The van der Waals surface area contributed by atoms with Crippen LogP contribution < -0.4 is 10.1 Å². The Hall–Kier alpha value is -2.31. The standard InChI is InChI=1S/C14H20N2O5/c1-8(2)13(14(17)18)15-10-5-11(16(19)20)7-12(6-10)21-9(3)4/h5-9,13,15H,1-4H3,(H,17,18). The number of ether oxygens (including phenoxy) is 1. The highest BCUT2D eigenvalue weighted by atomic mass is 16.6. The van der Waals surface area contributed by atoms with E-state index in [-0.39, 0.29) is 17.7 Å². The first kappa shape index (κ1) is 16.7. The van der Waals surface area contributed by atoms with Crippen molar-refractivity contribution in [2.75, 3.05) is 5.32 Å². The summed E-state index contributed by atoms with van der Waals surface area (Å²) in [6.45, 7) is 7.13. The van der Waals surface area contributed by atoms with Crippen molar-refractivity contribution in [3.05, 3.63) is 28.3 Å². The van der Waals surface area contributed by atoms with Crippen LogP contribution in [0.4, 0.5) is 11.4 Å². The molecule has 0 bridgehead atoms. The van der Waals surface area contributed by atoms with Crippen LogP contribution in [-0.2, 0) is 4.79 Å². The molecule has 0 aliphatic carbocycles. The lowest BCUT2D eigenvalue weighted by Crippen LogP contribution is -2.34. The third kappa shape index (κ3) is 4.94. The molecule has 1 atom stereocenters. The lowest BCUT2D eigenvalue weighted by atomic mass is 10.0. The molecule has 21 heavy (non-hydrogen) atoms. The van der Waals surface area contributed by atoms with Gasteiger partial charge in [0.25, 0.3) is 5.69 Å². The number of hydrogen-bond donors (Lipinski definition) is 2. The number of rotatable bonds is 7. The van der Waals surface area contributed by atoms with Crippen molar-refractivity contribution < 1.29 is 19.6 Å². The van der Waals surface area contributed by atoms with E-state index in [4.69, 9.17) is 4.74 Å². The molecule has 116 valence electrons. The number of nitro groups is 1. The minimum Gasteiger partial charge on any atom is -0.491 e. The molecule has 7 heteroatoms. The second-order valence-electron chi connectivity index (χ2n) is 5.34. The summed E-state index contributed by atoms with van der Waals surface area (Å²) in [5, 5.41) is 22.9. The topological polar surface area (TPSA) is 102 Å². The molecule has 7 nitrogen and oxygen atoms in total. The van der Waals surface area contributed by atoms with Gasteiger partial charge in [-0.1, -0.05) is 13.8 Å². The Morgan fingerprint density at radius 3 is 2.33 bits per heavy atom. The van der Waals surface area contributed by atoms with Gasteiger partial charge >= 0.3 is 5.97 Å². The van der Waals surface area contributed by atoms with Crippen LogP contribution in [-0.4, -0.2) is 28.1 Å². The highest BCUT2D eigenvalue weighted by Gasteiger charge is 2.22. The van der Waals surface area contributed by atoms with Crippen molar-refractivity contribution in [2.24, 2.45) is 5.92 Å². The van der Waals surface area contributed by atoms with Gasteiger partial charge < -0.3 is 15.2 Å². The average molecular weight is 296 g/mol. The van der Waals surface area contributed by atoms with Gasteiger partial charge in [0.05, 0.1) is 17.1 Å². The van der Waals surface area contributed by atoms with Crippen LogP contribution in [0.5, 0.6) is 5.75 Å². The molecule has 0 saturated carbocycles. The van der Waals surface area contributed by atoms with Gasteiger partial charge in [-0.05, 0) is 19.8 Å². The number of carboxylic acids is 1. The van der Waals surface area contributed by atoms with Crippen molar-refractivity contribution in [3.8, 4) is 5.75 Å². The molecule has 0 amide bonds. The van der Waals surface area contributed by atoms with Gasteiger partial charge in [0.15, 0.2) is 0 Å². The molecule has 0 aliphatic rings. The number of nitrogens with zero attached hydrogens (tertiary/aromatic N) is 1. The molecule has 0 heterocycles.